The highest BCUT2D eigenvalue weighted by Crippen LogP contribution is 2.47. The first-order valence-electron chi connectivity index (χ1n) is 10.7. The normalized spacial score (nSPS) is 21.9. The predicted octanol–water partition coefficient (Wildman–Crippen LogP) is 0.364. The van der Waals surface area contributed by atoms with E-state index in [1.807, 2.05) is 23.9 Å². The number of imidazole rings is 1. The van der Waals surface area contributed by atoms with E-state index in [0.717, 1.165) is 18.3 Å². The highest BCUT2D eigenvalue weighted by atomic mass is 79.9. The van der Waals surface area contributed by atoms with E-state index in [2.05, 4.69) is 4.57 Å². The Labute approximate surface area is 191 Å². The highest BCUT2D eigenvalue weighted by Gasteiger charge is 2.54. The van der Waals surface area contributed by atoms with Gasteiger partial charge in [0.15, 0.2) is 5.60 Å². The zero-order chi connectivity index (χ0) is 21.4. The maximum Gasteiger partial charge on any atom is 0.343 e. The number of carbonyl (C=O) groups is 1. The van der Waals surface area contributed by atoms with Crippen molar-refractivity contribution in [3.63, 3.8) is 0 Å². The maximum atomic E-state index is 13.8. The summed E-state index contributed by atoms with van der Waals surface area (Å²) in [7, 11) is 0. The van der Waals surface area contributed by atoms with Crippen molar-refractivity contribution in [2.24, 2.45) is 11.8 Å². The Balaban J connectivity index is 0.00000272. The molecule has 1 aromatic carbocycles. The van der Waals surface area contributed by atoms with Gasteiger partial charge in [0.1, 0.15) is 25.5 Å². The second kappa shape index (κ2) is 9.36. The molecule has 0 unspecified atom stereocenters. The minimum atomic E-state index is -2.87. The summed E-state index contributed by atoms with van der Waals surface area (Å²) in [6, 6.07) is 8.30. The van der Waals surface area contributed by atoms with Crippen LogP contribution in [0.2, 0.25) is 0 Å². The molecule has 2 atom stereocenters. The Kier molecular flexibility index (Phi) is 7.21. The quantitative estimate of drug-likeness (QED) is 0.422. The van der Waals surface area contributed by atoms with E-state index in [-0.39, 0.29) is 36.4 Å². The molecule has 1 aromatic heterocycles. The van der Waals surface area contributed by atoms with Crippen LogP contribution in [0.15, 0.2) is 42.7 Å². The number of ether oxygens (including phenoxy) is 1. The van der Waals surface area contributed by atoms with Gasteiger partial charge in [-0.2, -0.15) is 0 Å². The zero-order valence-electron chi connectivity index (χ0n) is 17.6. The van der Waals surface area contributed by atoms with Crippen molar-refractivity contribution in [1.29, 1.82) is 0 Å². The number of nitrogens with zero attached hydrogens (tertiary/aromatic N) is 2. The van der Waals surface area contributed by atoms with Crippen LogP contribution in [0.3, 0.4) is 0 Å². The molecule has 2 fully saturated rings. The Bertz CT molecular complexity index is 901. The molecule has 0 aliphatic heterocycles. The van der Waals surface area contributed by atoms with E-state index in [9.17, 15) is 18.7 Å². The molecule has 2 aromatic rings. The molecule has 0 bridgehead atoms. The second-order valence-corrected chi connectivity index (χ2v) is 8.70. The Morgan fingerprint density at radius 3 is 2.61 bits per heavy atom. The number of carbonyl (C=O) groups excluding carboxylic acids is 1. The zero-order valence-corrected chi connectivity index (χ0v) is 19.2. The van der Waals surface area contributed by atoms with Crippen LogP contribution in [0.5, 0.6) is 0 Å². The lowest BCUT2D eigenvalue weighted by atomic mass is 9.80. The van der Waals surface area contributed by atoms with Gasteiger partial charge in [0.25, 0.3) is 5.82 Å². The lowest BCUT2D eigenvalue weighted by Gasteiger charge is -2.32. The Morgan fingerprint density at radius 2 is 2.00 bits per heavy atom. The molecule has 4 rings (SSSR count). The van der Waals surface area contributed by atoms with Gasteiger partial charge in [-0.05, 0) is 30.7 Å². The number of aromatic nitrogens is 2. The topological polar surface area (TPSA) is 55.3 Å². The van der Waals surface area contributed by atoms with Gasteiger partial charge >= 0.3 is 5.97 Å². The summed E-state index contributed by atoms with van der Waals surface area (Å²) in [5.74, 6) is -2.77. The van der Waals surface area contributed by atoms with Gasteiger partial charge in [-0.1, -0.05) is 30.3 Å². The molecule has 5 nitrogen and oxygen atoms in total. The van der Waals surface area contributed by atoms with E-state index < -0.39 is 29.8 Å². The summed E-state index contributed by atoms with van der Waals surface area (Å²) < 4.78 is 37.3. The molecule has 1 heterocycles. The first-order chi connectivity index (χ1) is 14.3. The van der Waals surface area contributed by atoms with Gasteiger partial charge < -0.3 is 26.8 Å². The number of hydrogen-bond acceptors (Lipinski definition) is 3. The number of benzene rings is 1. The average Bonchev–Trinajstić information content (AvgIpc) is 3.39. The fourth-order valence-electron chi connectivity index (χ4n) is 4.42. The number of halogens is 3. The van der Waals surface area contributed by atoms with Gasteiger partial charge in [0.2, 0.25) is 5.92 Å². The van der Waals surface area contributed by atoms with Crippen molar-refractivity contribution in [3.8, 4) is 0 Å². The van der Waals surface area contributed by atoms with Crippen molar-refractivity contribution < 1.29 is 45.0 Å². The first kappa shape index (κ1) is 23.9. The molecule has 2 saturated carbocycles. The number of aliphatic hydroxyl groups is 1. The lowest BCUT2D eigenvalue weighted by molar-refractivity contribution is -0.705. The molecular formula is C23H29BrF2N2O3. The van der Waals surface area contributed by atoms with Crippen LogP contribution in [0.25, 0.3) is 0 Å². The predicted molar refractivity (Wildman–Crippen MR) is 106 cm³/mol. The summed E-state index contributed by atoms with van der Waals surface area (Å²) in [4.78, 5) is 13.0. The summed E-state index contributed by atoms with van der Waals surface area (Å²) >= 11 is 0. The molecule has 2 aliphatic carbocycles. The molecule has 31 heavy (non-hydrogen) atoms. The molecule has 0 saturated heterocycles. The molecule has 8 heteroatoms. The van der Waals surface area contributed by atoms with Crippen LogP contribution in [0, 0.1) is 18.8 Å². The molecule has 0 spiro atoms. The highest BCUT2D eigenvalue weighted by molar-refractivity contribution is 5.81. The molecule has 2 aliphatic rings. The lowest BCUT2D eigenvalue weighted by Crippen LogP contribution is -3.00. The summed E-state index contributed by atoms with van der Waals surface area (Å²) in [6.07, 6.45) is 5.74. The summed E-state index contributed by atoms with van der Waals surface area (Å²) in [5, 5.41) is 11.3. The van der Waals surface area contributed by atoms with Crippen LogP contribution in [0.4, 0.5) is 8.78 Å². The fraction of sp³-hybridized carbons (Fsp3) is 0.565. The second-order valence-electron chi connectivity index (χ2n) is 8.70. The van der Waals surface area contributed by atoms with Crippen molar-refractivity contribution in [3.05, 3.63) is 54.1 Å². The standard InChI is InChI=1S/C23H29F2N2O3.BrH/c1-17-26(11-12-27(17)16-18-7-8-18)13-14-30-21(28)23(29,19-5-3-2-4-6-19)20-9-10-22(24,25)15-20;/h2-6,11-12,18,20,29H,7-10,13-16H2,1H3;1H/q+1;/p-1/t20-,23+;/m1./s1. The van der Waals surface area contributed by atoms with Gasteiger partial charge in [-0.3, -0.25) is 0 Å². The monoisotopic (exact) mass is 498 g/mol. The van der Waals surface area contributed by atoms with E-state index in [4.69, 9.17) is 4.74 Å². The van der Waals surface area contributed by atoms with Crippen molar-refractivity contribution in [2.75, 3.05) is 6.61 Å². The number of hydrogen-bond donors (Lipinski definition) is 1. The van der Waals surface area contributed by atoms with Crippen LogP contribution < -0.4 is 21.5 Å². The van der Waals surface area contributed by atoms with Crippen molar-refractivity contribution in [2.45, 2.75) is 63.6 Å². The molecular weight excluding hydrogens is 470 g/mol. The Hall–Kier alpha value is -1.80. The number of alkyl halides is 2. The van der Waals surface area contributed by atoms with Crippen LogP contribution in [-0.4, -0.2) is 28.2 Å². The fourth-order valence-corrected chi connectivity index (χ4v) is 4.42. The smallest absolute Gasteiger partial charge is 0.343 e. The van der Waals surface area contributed by atoms with E-state index in [0.29, 0.717) is 12.1 Å². The SMILES string of the molecule is Cc1n(CCOC(=O)[C@](O)(c2ccccc2)[C@@H]2CCC(F)(F)C2)cc[n+]1CC1CC1.[Br-]. The van der Waals surface area contributed by atoms with Gasteiger partial charge in [0.05, 0.1) is 6.54 Å². The summed E-state index contributed by atoms with van der Waals surface area (Å²) in [6.45, 7) is 3.53. The van der Waals surface area contributed by atoms with Crippen LogP contribution in [-0.2, 0) is 28.2 Å². The van der Waals surface area contributed by atoms with E-state index in [1.165, 1.54) is 12.8 Å². The van der Waals surface area contributed by atoms with E-state index in [1.54, 1.807) is 30.3 Å². The largest absolute Gasteiger partial charge is 1.00 e. The molecule has 170 valence electrons. The minimum Gasteiger partial charge on any atom is -1.00 e. The van der Waals surface area contributed by atoms with Gasteiger partial charge in [0, 0.05) is 25.7 Å². The number of esters is 1. The third-order valence-corrected chi connectivity index (χ3v) is 6.49. The van der Waals surface area contributed by atoms with Crippen molar-refractivity contribution >= 4 is 5.97 Å². The summed E-state index contributed by atoms with van der Waals surface area (Å²) in [5.41, 5.74) is -1.77. The molecule has 0 amide bonds. The average molecular weight is 499 g/mol. The van der Waals surface area contributed by atoms with E-state index >= 15 is 0 Å². The maximum absolute atomic E-state index is 13.8. The molecule has 1 N–H and O–H groups in total. The number of rotatable bonds is 8. The van der Waals surface area contributed by atoms with Crippen molar-refractivity contribution in [1.82, 2.24) is 4.57 Å². The third-order valence-electron chi connectivity index (χ3n) is 6.49. The minimum absolute atomic E-state index is 0. The van der Waals surface area contributed by atoms with Crippen LogP contribution >= 0.6 is 0 Å². The van der Waals surface area contributed by atoms with Gasteiger partial charge in [-0.25, -0.2) is 22.7 Å². The first-order valence-corrected chi connectivity index (χ1v) is 10.7. The molecule has 0 radical (unpaired) electrons. The van der Waals surface area contributed by atoms with Gasteiger partial charge in [-0.15, -0.1) is 0 Å². The third kappa shape index (κ3) is 5.17. The Morgan fingerprint density at radius 1 is 1.29 bits per heavy atom. The van der Waals surface area contributed by atoms with Crippen LogP contribution in [0.1, 0.15) is 43.5 Å².